The molecule has 0 aliphatic carbocycles. The maximum atomic E-state index is 14.1. The zero-order valence-electron chi connectivity index (χ0n) is 14.0. The lowest BCUT2D eigenvalue weighted by atomic mass is 10.0. The normalized spacial score (nSPS) is 18.7. The van der Waals surface area contributed by atoms with Crippen molar-refractivity contribution in [2.24, 2.45) is 0 Å². The van der Waals surface area contributed by atoms with Crippen molar-refractivity contribution in [3.63, 3.8) is 0 Å². The first-order chi connectivity index (χ1) is 10.7. The van der Waals surface area contributed by atoms with E-state index in [0.29, 0.717) is 25.2 Å². The van der Waals surface area contributed by atoms with Crippen LogP contribution in [0.1, 0.15) is 32.4 Å². The molecule has 2 rings (SSSR count). The molecule has 0 radical (unpaired) electrons. The lowest BCUT2D eigenvalue weighted by Gasteiger charge is -2.35. The van der Waals surface area contributed by atoms with E-state index < -0.39 is 11.4 Å². The van der Waals surface area contributed by atoms with Gasteiger partial charge in [-0.2, -0.15) is 0 Å². The molecule has 1 aromatic carbocycles. The molecule has 0 bridgehead atoms. The second kappa shape index (κ2) is 6.62. The van der Waals surface area contributed by atoms with E-state index in [1.165, 1.54) is 13.2 Å². The van der Waals surface area contributed by atoms with Gasteiger partial charge in [0.2, 0.25) is 0 Å². The highest BCUT2D eigenvalue weighted by Crippen LogP contribution is 2.32. The molecule has 6 nitrogen and oxygen atoms in total. The number of carbonyl (C=O) groups excluding carboxylic acids is 1. The topological polar surface area (TPSA) is 76.8 Å². The maximum Gasteiger partial charge on any atom is 0.410 e. The molecule has 3 N–H and O–H groups in total. The number of nitrogen functional groups attached to an aromatic ring is 1. The molecule has 1 amide bonds. The Labute approximate surface area is 135 Å². The second-order valence-corrected chi connectivity index (χ2v) is 6.52. The summed E-state index contributed by atoms with van der Waals surface area (Å²) in [5.41, 5.74) is 5.69. The summed E-state index contributed by atoms with van der Waals surface area (Å²) in [4.78, 5) is 13.8. The van der Waals surface area contributed by atoms with Gasteiger partial charge in [-0.1, -0.05) is 6.07 Å². The summed E-state index contributed by atoms with van der Waals surface area (Å²) in [7, 11) is 1.40. The van der Waals surface area contributed by atoms with Crippen molar-refractivity contribution in [1.82, 2.24) is 10.2 Å². The van der Waals surface area contributed by atoms with Crippen LogP contribution in [0.25, 0.3) is 0 Å². The first-order valence-electron chi connectivity index (χ1n) is 7.56. The van der Waals surface area contributed by atoms with Crippen LogP contribution in [0.2, 0.25) is 0 Å². The monoisotopic (exact) mass is 325 g/mol. The minimum absolute atomic E-state index is 0.0328. The predicted octanol–water partition coefficient (Wildman–Crippen LogP) is 2.30. The van der Waals surface area contributed by atoms with Gasteiger partial charge in [-0.3, -0.25) is 0 Å². The molecular formula is C16H24FN3O3. The van der Waals surface area contributed by atoms with Gasteiger partial charge in [0.05, 0.1) is 18.8 Å². The lowest BCUT2D eigenvalue weighted by molar-refractivity contribution is 0.0194. The number of hydrogen-bond acceptors (Lipinski definition) is 5. The summed E-state index contributed by atoms with van der Waals surface area (Å²) in [5.74, 6) is -0.477. The van der Waals surface area contributed by atoms with E-state index >= 15 is 0 Å². The molecule has 1 heterocycles. The number of halogens is 1. The Morgan fingerprint density at radius 2 is 2.13 bits per heavy atom. The van der Waals surface area contributed by atoms with Gasteiger partial charge < -0.3 is 25.4 Å². The number of amides is 1. The Balaban J connectivity index is 2.19. The fraction of sp³-hybridized carbons (Fsp3) is 0.562. The van der Waals surface area contributed by atoms with Gasteiger partial charge in [-0.15, -0.1) is 0 Å². The van der Waals surface area contributed by atoms with Gasteiger partial charge >= 0.3 is 6.09 Å². The molecular weight excluding hydrogens is 301 g/mol. The summed E-state index contributed by atoms with van der Waals surface area (Å²) < 4.78 is 24.7. The Morgan fingerprint density at radius 3 is 2.74 bits per heavy atom. The highest BCUT2D eigenvalue weighted by atomic mass is 19.1. The van der Waals surface area contributed by atoms with Crippen LogP contribution in [0.4, 0.5) is 14.9 Å². The Morgan fingerprint density at radius 1 is 1.43 bits per heavy atom. The number of benzene rings is 1. The van der Waals surface area contributed by atoms with E-state index in [9.17, 15) is 9.18 Å². The van der Waals surface area contributed by atoms with Crippen molar-refractivity contribution in [3.8, 4) is 5.75 Å². The molecule has 7 heteroatoms. The zero-order valence-corrected chi connectivity index (χ0v) is 14.0. The van der Waals surface area contributed by atoms with Crippen molar-refractivity contribution < 1.29 is 18.7 Å². The third kappa shape index (κ3) is 4.04. The smallest absolute Gasteiger partial charge is 0.410 e. The SMILES string of the molecule is COc1c(C2CN(C(=O)OC(C)(C)C)CCN2)ccc(N)c1F. The Hall–Kier alpha value is -2.02. The summed E-state index contributed by atoms with van der Waals surface area (Å²) in [6, 6.07) is 2.97. The van der Waals surface area contributed by atoms with Gasteiger partial charge in [0.1, 0.15) is 5.60 Å². The fourth-order valence-electron chi connectivity index (χ4n) is 2.52. The van der Waals surface area contributed by atoms with Crippen molar-refractivity contribution >= 4 is 11.8 Å². The molecule has 1 aliphatic heterocycles. The van der Waals surface area contributed by atoms with Crippen LogP contribution in [0.5, 0.6) is 5.75 Å². The third-order valence-electron chi connectivity index (χ3n) is 3.56. The fourth-order valence-corrected chi connectivity index (χ4v) is 2.52. The zero-order chi connectivity index (χ0) is 17.2. The van der Waals surface area contributed by atoms with Gasteiger partial charge in [0.15, 0.2) is 11.6 Å². The number of nitrogens with zero attached hydrogens (tertiary/aromatic N) is 1. The van der Waals surface area contributed by atoms with E-state index in [1.807, 2.05) is 20.8 Å². The summed E-state index contributed by atoms with van der Waals surface area (Å²) in [6.45, 7) is 6.95. The number of anilines is 1. The molecule has 1 unspecified atom stereocenters. The van der Waals surface area contributed by atoms with E-state index in [4.69, 9.17) is 15.2 Å². The number of hydrogen-bond donors (Lipinski definition) is 2. The van der Waals surface area contributed by atoms with Crippen LogP contribution in [0.15, 0.2) is 12.1 Å². The molecule has 0 saturated carbocycles. The Bertz CT molecular complexity index is 587. The van der Waals surface area contributed by atoms with E-state index in [1.54, 1.807) is 11.0 Å². The van der Waals surface area contributed by atoms with Gasteiger partial charge in [-0.05, 0) is 26.8 Å². The average Bonchev–Trinajstić information content (AvgIpc) is 2.48. The van der Waals surface area contributed by atoms with Crippen molar-refractivity contribution in [3.05, 3.63) is 23.5 Å². The summed E-state index contributed by atoms with van der Waals surface area (Å²) in [5, 5.41) is 3.27. The molecule has 1 atom stereocenters. The van der Waals surface area contributed by atoms with Gasteiger partial charge in [0, 0.05) is 25.2 Å². The first-order valence-corrected chi connectivity index (χ1v) is 7.56. The van der Waals surface area contributed by atoms with Crippen molar-refractivity contribution in [1.29, 1.82) is 0 Å². The minimum Gasteiger partial charge on any atom is -0.493 e. The highest BCUT2D eigenvalue weighted by molar-refractivity contribution is 5.68. The van der Waals surface area contributed by atoms with Gasteiger partial charge in [0.25, 0.3) is 0 Å². The molecule has 1 aromatic rings. The number of nitrogens with two attached hydrogens (primary N) is 1. The predicted molar refractivity (Wildman–Crippen MR) is 85.9 cm³/mol. The maximum absolute atomic E-state index is 14.1. The molecule has 1 fully saturated rings. The van der Waals surface area contributed by atoms with Crippen molar-refractivity contribution in [2.45, 2.75) is 32.4 Å². The third-order valence-corrected chi connectivity index (χ3v) is 3.56. The molecule has 1 aliphatic rings. The van der Waals surface area contributed by atoms with Crippen LogP contribution in [-0.2, 0) is 4.74 Å². The number of rotatable bonds is 2. The molecule has 0 aromatic heterocycles. The number of methoxy groups -OCH3 is 1. The molecule has 23 heavy (non-hydrogen) atoms. The number of ether oxygens (including phenoxy) is 2. The van der Waals surface area contributed by atoms with Gasteiger partial charge in [-0.25, -0.2) is 9.18 Å². The van der Waals surface area contributed by atoms with Crippen molar-refractivity contribution in [2.75, 3.05) is 32.5 Å². The average molecular weight is 325 g/mol. The van der Waals surface area contributed by atoms with Crippen LogP contribution >= 0.6 is 0 Å². The number of carbonyl (C=O) groups is 1. The largest absolute Gasteiger partial charge is 0.493 e. The summed E-state index contributed by atoms with van der Waals surface area (Å²) >= 11 is 0. The van der Waals surface area contributed by atoms with E-state index in [-0.39, 0.29) is 23.6 Å². The van der Waals surface area contributed by atoms with Crippen LogP contribution in [-0.4, -0.2) is 43.3 Å². The minimum atomic E-state index is -0.582. The summed E-state index contributed by atoms with van der Waals surface area (Å²) in [6.07, 6.45) is -0.376. The number of nitrogens with one attached hydrogen (secondary N) is 1. The lowest BCUT2D eigenvalue weighted by Crippen LogP contribution is -2.49. The second-order valence-electron chi connectivity index (χ2n) is 6.52. The molecule has 1 saturated heterocycles. The quantitative estimate of drug-likeness (QED) is 0.816. The highest BCUT2D eigenvalue weighted by Gasteiger charge is 2.30. The number of piperazine rings is 1. The molecule has 0 spiro atoms. The molecule has 128 valence electrons. The van der Waals surface area contributed by atoms with Crippen LogP contribution < -0.4 is 15.8 Å². The van der Waals surface area contributed by atoms with Crippen LogP contribution in [0, 0.1) is 5.82 Å². The van der Waals surface area contributed by atoms with E-state index in [2.05, 4.69) is 5.32 Å². The standard InChI is InChI=1S/C16H24FN3O3/c1-16(2,3)23-15(21)20-8-7-19-12(9-20)10-5-6-11(18)13(17)14(10)22-4/h5-6,12,19H,7-9,18H2,1-4H3. The Kier molecular flexibility index (Phi) is 4.99. The van der Waals surface area contributed by atoms with E-state index in [0.717, 1.165) is 0 Å². The van der Waals surface area contributed by atoms with Crippen LogP contribution in [0.3, 0.4) is 0 Å². The first kappa shape index (κ1) is 17.3.